The predicted octanol–water partition coefficient (Wildman–Crippen LogP) is 4.60. The molecule has 0 fully saturated rings. The van der Waals surface area contributed by atoms with E-state index < -0.39 is 15.9 Å². The van der Waals surface area contributed by atoms with Gasteiger partial charge in [0.15, 0.2) is 0 Å². The summed E-state index contributed by atoms with van der Waals surface area (Å²) in [5, 5.41) is 10.4. The standard InChI is InChI=1S/C25H32N4O6S/c1-5-7-16-29(17-8-6-2)36(31,32)19-14-12-18(13-15-19)23(30)26-25-28-27-24(35-25)22-20(33-3)10-9-11-21(22)34-4/h9-15H,5-8,16-17H2,1-4H3,(H,26,28,30). The summed E-state index contributed by atoms with van der Waals surface area (Å²) in [6, 6.07) is 10.9. The quantitative estimate of drug-likeness (QED) is 0.350. The Balaban J connectivity index is 1.76. The summed E-state index contributed by atoms with van der Waals surface area (Å²) in [5.41, 5.74) is 0.706. The summed E-state index contributed by atoms with van der Waals surface area (Å²) in [5.74, 6) is 0.537. The lowest BCUT2D eigenvalue weighted by Gasteiger charge is -2.22. The third-order valence-electron chi connectivity index (χ3n) is 5.56. The third-order valence-corrected chi connectivity index (χ3v) is 7.48. The minimum atomic E-state index is -3.65. The van der Waals surface area contributed by atoms with Gasteiger partial charge in [0.1, 0.15) is 17.1 Å². The molecule has 3 aromatic rings. The Hall–Kier alpha value is -3.44. The van der Waals surface area contributed by atoms with Crippen molar-refractivity contribution >= 4 is 21.9 Å². The van der Waals surface area contributed by atoms with Crippen LogP contribution >= 0.6 is 0 Å². The lowest BCUT2D eigenvalue weighted by atomic mass is 10.2. The number of sulfonamides is 1. The second-order valence-electron chi connectivity index (χ2n) is 8.04. The number of benzene rings is 2. The van der Waals surface area contributed by atoms with Crippen molar-refractivity contribution in [2.75, 3.05) is 32.6 Å². The van der Waals surface area contributed by atoms with Crippen molar-refractivity contribution in [3.8, 4) is 23.0 Å². The van der Waals surface area contributed by atoms with Crippen LogP contribution in [0.2, 0.25) is 0 Å². The molecular formula is C25H32N4O6S. The van der Waals surface area contributed by atoms with Crippen LogP contribution in [0.5, 0.6) is 11.5 Å². The molecule has 194 valence electrons. The Morgan fingerprint density at radius 3 is 2.06 bits per heavy atom. The van der Waals surface area contributed by atoms with Gasteiger partial charge in [0.2, 0.25) is 10.0 Å². The second kappa shape index (κ2) is 12.5. The first-order valence-corrected chi connectivity index (χ1v) is 13.3. The predicted molar refractivity (Wildman–Crippen MR) is 136 cm³/mol. The molecule has 0 bridgehead atoms. The van der Waals surface area contributed by atoms with Crippen LogP contribution in [0.4, 0.5) is 6.01 Å². The molecule has 1 amide bonds. The molecule has 10 nitrogen and oxygen atoms in total. The van der Waals surface area contributed by atoms with Crippen LogP contribution in [0.15, 0.2) is 51.8 Å². The fourth-order valence-corrected chi connectivity index (χ4v) is 5.07. The van der Waals surface area contributed by atoms with Gasteiger partial charge in [-0.3, -0.25) is 10.1 Å². The lowest BCUT2D eigenvalue weighted by Crippen LogP contribution is -2.33. The van der Waals surface area contributed by atoms with Crippen LogP contribution in [-0.2, 0) is 10.0 Å². The minimum Gasteiger partial charge on any atom is -0.496 e. The zero-order valence-corrected chi connectivity index (χ0v) is 21.8. The molecule has 1 N–H and O–H groups in total. The molecule has 0 saturated heterocycles. The normalized spacial score (nSPS) is 11.5. The molecule has 36 heavy (non-hydrogen) atoms. The third kappa shape index (κ3) is 6.21. The number of hydrogen-bond donors (Lipinski definition) is 1. The van der Waals surface area contributed by atoms with Crippen molar-refractivity contribution in [1.82, 2.24) is 14.5 Å². The van der Waals surface area contributed by atoms with Gasteiger partial charge in [0.05, 0.1) is 19.1 Å². The number of amides is 1. The van der Waals surface area contributed by atoms with Gasteiger partial charge in [-0.2, -0.15) is 4.31 Å². The number of rotatable bonds is 13. The molecule has 2 aromatic carbocycles. The zero-order valence-electron chi connectivity index (χ0n) is 21.0. The van der Waals surface area contributed by atoms with E-state index in [4.69, 9.17) is 13.9 Å². The van der Waals surface area contributed by atoms with Gasteiger partial charge in [-0.25, -0.2) is 8.42 Å². The number of nitrogens with zero attached hydrogens (tertiary/aromatic N) is 3. The van der Waals surface area contributed by atoms with Crippen molar-refractivity contribution < 1.29 is 27.1 Å². The van der Waals surface area contributed by atoms with E-state index in [2.05, 4.69) is 15.5 Å². The Morgan fingerprint density at radius 1 is 0.944 bits per heavy atom. The Kier molecular flexibility index (Phi) is 9.43. The average molecular weight is 517 g/mol. The van der Waals surface area contributed by atoms with Crippen molar-refractivity contribution in [1.29, 1.82) is 0 Å². The van der Waals surface area contributed by atoms with Crippen molar-refractivity contribution in [2.45, 2.75) is 44.4 Å². The number of carbonyl (C=O) groups is 1. The number of anilines is 1. The smallest absolute Gasteiger partial charge is 0.322 e. The highest BCUT2D eigenvalue weighted by Gasteiger charge is 2.24. The summed E-state index contributed by atoms with van der Waals surface area (Å²) < 4.78 is 44.1. The molecule has 0 atom stereocenters. The average Bonchev–Trinajstić information content (AvgIpc) is 3.35. The summed E-state index contributed by atoms with van der Waals surface area (Å²) >= 11 is 0. The molecular weight excluding hydrogens is 484 g/mol. The van der Waals surface area contributed by atoms with Crippen molar-refractivity contribution in [2.24, 2.45) is 0 Å². The first-order valence-electron chi connectivity index (χ1n) is 11.8. The fourth-order valence-electron chi connectivity index (χ4n) is 3.55. The molecule has 1 heterocycles. The SMILES string of the molecule is CCCCN(CCCC)S(=O)(=O)c1ccc(C(=O)Nc2nnc(-c3c(OC)cccc3OC)o2)cc1. The van der Waals surface area contributed by atoms with Gasteiger partial charge in [0.25, 0.3) is 11.8 Å². The van der Waals surface area contributed by atoms with Crippen LogP contribution in [-0.4, -0.2) is 56.1 Å². The number of methoxy groups -OCH3 is 2. The fraction of sp³-hybridized carbons (Fsp3) is 0.400. The molecule has 0 aliphatic rings. The number of carbonyl (C=O) groups excluding carboxylic acids is 1. The van der Waals surface area contributed by atoms with Gasteiger partial charge in [-0.15, -0.1) is 5.10 Å². The molecule has 0 aliphatic heterocycles. The zero-order chi connectivity index (χ0) is 26.1. The monoisotopic (exact) mass is 516 g/mol. The second-order valence-corrected chi connectivity index (χ2v) is 9.98. The van der Waals surface area contributed by atoms with E-state index in [-0.39, 0.29) is 22.4 Å². The first kappa shape index (κ1) is 27.2. The van der Waals surface area contributed by atoms with Crippen molar-refractivity contribution in [3.05, 3.63) is 48.0 Å². The lowest BCUT2D eigenvalue weighted by molar-refractivity contribution is 0.102. The van der Waals surface area contributed by atoms with Crippen LogP contribution in [0.25, 0.3) is 11.5 Å². The van der Waals surface area contributed by atoms with E-state index in [0.717, 1.165) is 25.7 Å². The Bertz CT molecular complexity index is 1230. The van der Waals surface area contributed by atoms with Crippen LogP contribution in [0.1, 0.15) is 49.9 Å². The molecule has 1 aromatic heterocycles. The van der Waals surface area contributed by atoms with Gasteiger partial charge < -0.3 is 13.9 Å². The van der Waals surface area contributed by atoms with Gasteiger partial charge in [-0.1, -0.05) is 37.9 Å². The molecule has 0 aliphatic carbocycles. The van der Waals surface area contributed by atoms with E-state index in [1.165, 1.54) is 42.8 Å². The van der Waals surface area contributed by atoms with Crippen LogP contribution in [0, 0.1) is 0 Å². The van der Waals surface area contributed by atoms with Crippen LogP contribution < -0.4 is 14.8 Å². The summed E-state index contributed by atoms with van der Waals surface area (Å²) in [6.45, 7) is 4.99. The largest absolute Gasteiger partial charge is 0.496 e. The van der Waals surface area contributed by atoms with Gasteiger partial charge in [-0.05, 0) is 49.2 Å². The molecule has 11 heteroatoms. The minimum absolute atomic E-state index is 0.111. The molecule has 3 rings (SSSR count). The van der Waals surface area contributed by atoms with Crippen molar-refractivity contribution in [3.63, 3.8) is 0 Å². The maximum atomic E-state index is 13.1. The number of nitrogens with one attached hydrogen (secondary N) is 1. The maximum absolute atomic E-state index is 13.1. The van der Waals surface area contributed by atoms with Gasteiger partial charge >= 0.3 is 6.01 Å². The van der Waals surface area contributed by atoms with Crippen LogP contribution in [0.3, 0.4) is 0 Å². The van der Waals surface area contributed by atoms with E-state index in [1.54, 1.807) is 18.2 Å². The topological polar surface area (TPSA) is 124 Å². The van der Waals surface area contributed by atoms with E-state index in [9.17, 15) is 13.2 Å². The summed E-state index contributed by atoms with van der Waals surface area (Å²) in [7, 11) is -0.635. The van der Waals surface area contributed by atoms with E-state index >= 15 is 0 Å². The molecule has 0 spiro atoms. The summed E-state index contributed by atoms with van der Waals surface area (Å²) in [6.07, 6.45) is 3.38. The first-order chi connectivity index (χ1) is 17.3. The van der Waals surface area contributed by atoms with E-state index in [1.807, 2.05) is 13.8 Å². The Morgan fingerprint density at radius 2 is 1.53 bits per heavy atom. The molecule has 0 radical (unpaired) electrons. The highest BCUT2D eigenvalue weighted by Crippen LogP contribution is 2.37. The van der Waals surface area contributed by atoms with E-state index in [0.29, 0.717) is 30.2 Å². The number of aromatic nitrogens is 2. The number of unbranched alkanes of at least 4 members (excludes halogenated alkanes) is 2. The van der Waals surface area contributed by atoms with Gasteiger partial charge in [0, 0.05) is 18.7 Å². The highest BCUT2D eigenvalue weighted by atomic mass is 32.2. The number of hydrogen-bond acceptors (Lipinski definition) is 8. The highest BCUT2D eigenvalue weighted by molar-refractivity contribution is 7.89. The molecule has 0 saturated carbocycles. The maximum Gasteiger partial charge on any atom is 0.322 e. The Labute approximate surface area is 211 Å². The number of ether oxygens (including phenoxy) is 2. The summed E-state index contributed by atoms with van der Waals surface area (Å²) in [4.78, 5) is 12.9. The molecule has 0 unspecified atom stereocenters.